The molecule has 1 rings (SSSR count). The van der Waals surface area contributed by atoms with Gasteiger partial charge in [-0.25, -0.2) is 0 Å². The van der Waals surface area contributed by atoms with E-state index >= 15 is 0 Å². The van der Waals surface area contributed by atoms with Crippen LogP contribution in [0.4, 0.5) is 0 Å². The summed E-state index contributed by atoms with van der Waals surface area (Å²) in [6.07, 6.45) is 5.04. The number of amides is 1. The van der Waals surface area contributed by atoms with E-state index in [9.17, 15) is 4.79 Å². The fourth-order valence-corrected chi connectivity index (χ4v) is 2.59. The maximum atomic E-state index is 12.0. The van der Waals surface area contributed by atoms with Crippen molar-refractivity contribution in [1.82, 2.24) is 5.32 Å². The molecule has 0 heterocycles. The fraction of sp³-hybridized carbons (Fsp3) is 0.929. The third-order valence-electron chi connectivity index (χ3n) is 3.97. The minimum atomic E-state index is -0.372. The van der Waals surface area contributed by atoms with E-state index < -0.39 is 0 Å². The standard InChI is InChI=1S/C14H28N2O2/c1-4-12(5-2)16-14(17)10(3)18-13-8-6-7-11(13)9-15/h10-13H,4-9,15H2,1-3H3,(H,16,17). The number of hydrogen-bond donors (Lipinski definition) is 2. The molecule has 1 aliphatic carbocycles. The molecule has 1 saturated carbocycles. The molecule has 3 atom stereocenters. The summed E-state index contributed by atoms with van der Waals surface area (Å²) in [6.45, 7) is 6.66. The predicted molar refractivity (Wildman–Crippen MR) is 73.2 cm³/mol. The van der Waals surface area contributed by atoms with Crippen molar-refractivity contribution < 1.29 is 9.53 Å². The van der Waals surface area contributed by atoms with Crippen molar-refractivity contribution in [1.29, 1.82) is 0 Å². The molecule has 0 radical (unpaired) electrons. The van der Waals surface area contributed by atoms with E-state index in [4.69, 9.17) is 10.5 Å². The predicted octanol–water partition coefficient (Wildman–Crippen LogP) is 1.82. The van der Waals surface area contributed by atoms with E-state index in [0.717, 1.165) is 32.1 Å². The Morgan fingerprint density at radius 3 is 2.61 bits per heavy atom. The van der Waals surface area contributed by atoms with Gasteiger partial charge in [-0.15, -0.1) is 0 Å². The van der Waals surface area contributed by atoms with Crippen LogP contribution in [0.15, 0.2) is 0 Å². The van der Waals surface area contributed by atoms with Gasteiger partial charge >= 0.3 is 0 Å². The Bertz CT molecular complexity index is 254. The van der Waals surface area contributed by atoms with Crippen LogP contribution in [0.1, 0.15) is 52.9 Å². The van der Waals surface area contributed by atoms with Crippen molar-refractivity contribution in [3.8, 4) is 0 Å². The average molecular weight is 256 g/mol. The number of rotatable bonds is 7. The van der Waals surface area contributed by atoms with E-state index in [-0.39, 0.29) is 24.2 Å². The molecule has 3 unspecified atom stereocenters. The van der Waals surface area contributed by atoms with E-state index in [1.807, 2.05) is 6.92 Å². The summed E-state index contributed by atoms with van der Waals surface area (Å²) >= 11 is 0. The lowest BCUT2D eigenvalue weighted by Crippen LogP contribution is -2.43. The average Bonchev–Trinajstić information content (AvgIpc) is 2.82. The van der Waals surface area contributed by atoms with Gasteiger partial charge in [0.25, 0.3) is 0 Å². The summed E-state index contributed by atoms with van der Waals surface area (Å²) in [5.41, 5.74) is 5.72. The highest BCUT2D eigenvalue weighted by Gasteiger charge is 2.30. The monoisotopic (exact) mass is 256 g/mol. The van der Waals surface area contributed by atoms with Crippen molar-refractivity contribution in [2.24, 2.45) is 11.7 Å². The molecule has 0 aromatic rings. The highest BCUT2D eigenvalue weighted by Crippen LogP contribution is 2.28. The second-order valence-electron chi connectivity index (χ2n) is 5.27. The van der Waals surface area contributed by atoms with Crippen LogP contribution in [0.25, 0.3) is 0 Å². The molecule has 0 aromatic heterocycles. The third kappa shape index (κ3) is 4.25. The topological polar surface area (TPSA) is 64.3 Å². The zero-order valence-corrected chi connectivity index (χ0v) is 11.9. The molecule has 4 nitrogen and oxygen atoms in total. The molecular weight excluding hydrogens is 228 g/mol. The number of nitrogens with one attached hydrogen (secondary N) is 1. The zero-order chi connectivity index (χ0) is 13.5. The highest BCUT2D eigenvalue weighted by molar-refractivity contribution is 5.80. The summed E-state index contributed by atoms with van der Waals surface area (Å²) in [5, 5.41) is 3.03. The smallest absolute Gasteiger partial charge is 0.249 e. The van der Waals surface area contributed by atoms with Crippen LogP contribution in [0.2, 0.25) is 0 Å². The van der Waals surface area contributed by atoms with Gasteiger partial charge in [0.15, 0.2) is 0 Å². The molecule has 0 saturated heterocycles. The largest absolute Gasteiger partial charge is 0.365 e. The lowest BCUT2D eigenvalue weighted by Gasteiger charge is -2.24. The first-order valence-electron chi connectivity index (χ1n) is 7.28. The molecule has 0 aliphatic heterocycles. The van der Waals surface area contributed by atoms with Crippen molar-refractivity contribution in [3.63, 3.8) is 0 Å². The third-order valence-corrected chi connectivity index (χ3v) is 3.97. The Morgan fingerprint density at radius 1 is 1.39 bits per heavy atom. The Hall–Kier alpha value is -0.610. The van der Waals surface area contributed by atoms with Crippen LogP contribution < -0.4 is 11.1 Å². The zero-order valence-electron chi connectivity index (χ0n) is 11.9. The van der Waals surface area contributed by atoms with Crippen LogP contribution in [0.3, 0.4) is 0 Å². The summed E-state index contributed by atoms with van der Waals surface area (Å²) in [4.78, 5) is 12.0. The molecule has 18 heavy (non-hydrogen) atoms. The maximum Gasteiger partial charge on any atom is 0.249 e. The van der Waals surface area contributed by atoms with Crippen LogP contribution in [-0.2, 0) is 9.53 Å². The lowest BCUT2D eigenvalue weighted by atomic mass is 10.1. The number of ether oxygens (including phenoxy) is 1. The van der Waals surface area contributed by atoms with Crippen LogP contribution >= 0.6 is 0 Å². The summed E-state index contributed by atoms with van der Waals surface area (Å²) < 4.78 is 5.87. The highest BCUT2D eigenvalue weighted by atomic mass is 16.5. The molecule has 0 aromatic carbocycles. The maximum absolute atomic E-state index is 12.0. The normalized spacial score (nSPS) is 25.4. The molecule has 0 spiro atoms. The van der Waals surface area contributed by atoms with Gasteiger partial charge in [-0.2, -0.15) is 0 Å². The van der Waals surface area contributed by atoms with Gasteiger partial charge < -0.3 is 15.8 Å². The molecule has 1 aliphatic rings. The minimum Gasteiger partial charge on any atom is -0.365 e. The number of carbonyl (C=O) groups excluding carboxylic acids is 1. The van der Waals surface area contributed by atoms with Crippen molar-refractivity contribution >= 4 is 5.91 Å². The quantitative estimate of drug-likeness (QED) is 0.730. The van der Waals surface area contributed by atoms with Gasteiger partial charge in [0.05, 0.1) is 6.10 Å². The van der Waals surface area contributed by atoms with Gasteiger partial charge in [-0.05, 0) is 45.1 Å². The van der Waals surface area contributed by atoms with E-state index in [1.54, 1.807) is 0 Å². The summed E-state index contributed by atoms with van der Waals surface area (Å²) in [6, 6.07) is 0.262. The van der Waals surface area contributed by atoms with Crippen molar-refractivity contribution in [2.45, 2.75) is 71.1 Å². The van der Waals surface area contributed by atoms with Crippen LogP contribution in [0.5, 0.6) is 0 Å². The fourth-order valence-electron chi connectivity index (χ4n) is 2.59. The first-order valence-corrected chi connectivity index (χ1v) is 7.28. The number of carbonyl (C=O) groups is 1. The van der Waals surface area contributed by atoms with E-state index in [1.165, 1.54) is 0 Å². The molecule has 3 N–H and O–H groups in total. The van der Waals surface area contributed by atoms with Gasteiger partial charge in [0.1, 0.15) is 6.10 Å². The Labute approximate surface area is 111 Å². The Balaban J connectivity index is 2.39. The SMILES string of the molecule is CCC(CC)NC(=O)C(C)OC1CCCC1CN. The summed E-state index contributed by atoms with van der Waals surface area (Å²) in [7, 11) is 0. The first kappa shape index (κ1) is 15.4. The second kappa shape index (κ2) is 7.74. The van der Waals surface area contributed by atoms with Gasteiger partial charge in [-0.3, -0.25) is 4.79 Å². The molecule has 1 fully saturated rings. The molecule has 0 bridgehead atoms. The van der Waals surface area contributed by atoms with Gasteiger partial charge in [-0.1, -0.05) is 20.3 Å². The number of hydrogen-bond acceptors (Lipinski definition) is 3. The lowest BCUT2D eigenvalue weighted by molar-refractivity contribution is -0.137. The number of nitrogens with two attached hydrogens (primary N) is 1. The minimum absolute atomic E-state index is 0.00590. The molecular formula is C14H28N2O2. The molecule has 106 valence electrons. The van der Waals surface area contributed by atoms with E-state index in [2.05, 4.69) is 19.2 Å². The Morgan fingerprint density at radius 2 is 2.06 bits per heavy atom. The Kier molecular flexibility index (Phi) is 6.65. The second-order valence-corrected chi connectivity index (χ2v) is 5.27. The van der Waals surface area contributed by atoms with E-state index in [0.29, 0.717) is 12.5 Å². The van der Waals surface area contributed by atoms with Crippen molar-refractivity contribution in [3.05, 3.63) is 0 Å². The van der Waals surface area contributed by atoms with Gasteiger partial charge in [0.2, 0.25) is 5.91 Å². The first-order chi connectivity index (χ1) is 8.62. The molecule has 4 heteroatoms. The van der Waals surface area contributed by atoms with Crippen LogP contribution in [-0.4, -0.2) is 30.7 Å². The van der Waals surface area contributed by atoms with Gasteiger partial charge in [0, 0.05) is 6.04 Å². The van der Waals surface area contributed by atoms with Crippen LogP contribution in [0, 0.1) is 5.92 Å². The van der Waals surface area contributed by atoms with Crippen molar-refractivity contribution in [2.75, 3.05) is 6.54 Å². The molecule has 1 amide bonds. The summed E-state index contributed by atoms with van der Waals surface area (Å²) in [5.74, 6) is 0.430.